The first kappa shape index (κ1) is 11.5. The first-order valence-electron chi connectivity index (χ1n) is 7.19. The Labute approximate surface area is 95.8 Å². The third-order valence-corrected chi connectivity index (χ3v) is 5.72. The molecular weight excluding hydrogens is 180 g/mol. The van der Waals surface area contributed by atoms with Gasteiger partial charge in [0.25, 0.3) is 0 Å². The fourth-order valence-corrected chi connectivity index (χ4v) is 4.25. The van der Waals surface area contributed by atoms with Crippen LogP contribution < -0.4 is 0 Å². The van der Waals surface area contributed by atoms with Crippen LogP contribution in [0.5, 0.6) is 0 Å². The summed E-state index contributed by atoms with van der Waals surface area (Å²) in [5, 5.41) is 0. The molecule has 0 aromatic rings. The van der Waals surface area contributed by atoms with Gasteiger partial charge in [-0.15, -0.1) is 0 Å². The Morgan fingerprint density at radius 1 is 1.00 bits per heavy atom. The summed E-state index contributed by atoms with van der Waals surface area (Å²) in [6.45, 7) is 9.74. The maximum atomic E-state index is 2.50. The summed E-state index contributed by atoms with van der Waals surface area (Å²) in [5.41, 5.74) is 0. The van der Waals surface area contributed by atoms with Gasteiger partial charge < -0.3 is 0 Å². The molecule has 2 aliphatic carbocycles. The minimum atomic E-state index is 0.967. The normalized spacial score (nSPS) is 43.2. The van der Waals surface area contributed by atoms with E-state index >= 15 is 0 Å². The molecule has 2 aliphatic rings. The van der Waals surface area contributed by atoms with Crippen molar-refractivity contribution in [3.8, 4) is 0 Å². The van der Waals surface area contributed by atoms with Crippen LogP contribution in [0.3, 0.4) is 0 Å². The standard InChI is InChI=1S/C15H28/c1-5-10(3)14-9-12-7-8-13(12)15(14)11(4)6-2/h10-15H,5-9H2,1-4H3. The second kappa shape index (κ2) is 4.47. The average Bonchev–Trinajstić information content (AvgIpc) is 2.48. The third-order valence-electron chi connectivity index (χ3n) is 5.72. The van der Waals surface area contributed by atoms with E-state index in [0.717, 1.165) is 35.5 Å². The van der Waals surface area contributed by atoms with Crippen LogP contribution in [0.4, 0.5) is 0 Å². The van der Waals surface area contributed by atoms with E-state index in [-0.39, 0.29) is 0 Å². The molecule has 0 bridgehead atoms. The van der Waals surface area contributed by atoms with Crippen molar-refractivity contribution < 1.29 is 0 Å². The van der Waals surface area contributed by atoms with Crippen LogP contribution >= 0.6 is 0 Å². The van der Waals surface area contributed by atoms with Crippen molar-refractivity contribution in [2.75, 3.05) is 0 Å². The highest BCUT2D eigenvalue weighted by molar-refractivity contribution is 4.99. The second-order valence-electron chi connectivity index (χ2n) is 6.25. The highest BCUT2D eigenvalue weighted by atomic mass is 14.5. The molecule has 0 amide bonds. The minimum absolute atomic E-state index is 0.967. The first-order valence-corrected chi connectivity index (χ1v) is 7.19. The van der Waals surface area contributed by atoms with Crippen LogP contribution in [0.15, 0.2) is 0 Å². The van der Waals surface area contributed by atoms with Gasteiger partial charge in [-0.25, -0.2) is 0 Å². The Hall–Kier alpha value is 0. The van der Waals surface area contributed by atoms with Crippen molar-refractivity contribution in [3.63, 3.8) is 0 Å². The molecule has 2 saturated carbocycles. The highest BCUT2D eigenvalue weighted by Crippen LogP contribution is 2.58. The van der Waals surface area contributed by atoms with E-state index in [0.29, 0.717) is 0 Å². The summed E-state index contributed by atoms with van der Waals surface area (Å²) in [4.78, 5) is 0. The fourth-order valence-electron chi connectivity index (χ4n) is 4.25. The molecule has 15 heavy (non-hydrogen) atoms. The van der Waals surface area contributed by atoms with Gasteiger partial charge in [-0.1, -0.05) is 40.5 Å². The second-order valence-corrected chi connectivity index (χ2v) is 6.25. The number of hydrogen-bond acceptors (Lipinski definition) is 0. The molecule has 0 aliphatic heterocycles. The largest absolute Gasteiger partial charge is 0.0651 e. The van der Waals surface area contributed by atoms with E-state index < -0.39 is 0 Å². The molecule has 0 aromatic carbocycles. The van der Waals surface area contributed by atoms with Crippen LogP contribution in [-0.4, -0.2) is 0 Å². The first-order chi connectivity index (χ1) is 7.19. The van der Waals surface area contributed by atoms with Gasteiger partial charge in [0.1, 0.15) is 0 Å². The molecule has 0 saturated heterocycles. The lowest BCUT2D eigenvalue weighted by atomic mass is 9.67. The summed E-state index contributed by atoms with van der Waals surface area (Å²) in [7, 11) is 0. The molecule has 88 valence electrons. The van der Waals surface area contributed by atoms with E-state index in [1.807, 2.05) is 0 Å². The molecule has 0 spiro atoms. The molecule has 0 radical (unpaired) electrons. The minimum Gasteiger partial charge on any atom is -0.0651 e. The summed E-state index contributed by atoms with van der Waals surface area (Å²) >= 11 is 0. The quantitative estimate of drug-likeness (QED) is 0.626. The van der Waals surface area contributed by atoms with Gasteiger partial charge in [0, 0.05) is 0 Å². The van der Waals surface area contributed by atoms with Gasteiger partial charge in [0.05, 0.1) is 0 Å². The van der Waals surface area contributed by atoms with Crippen molar-refractivity contribution in [1.29, 1.82) is 0 Å². The fraction of sp³-hybridized carbons (Fsp3) is 1.00. The number of hydrogen-bond donors (Lipinski definition) is 0. The average molecular weight is 208 g/mol. The molecule has 6 unspecified atom stereocenters. The molecule has 0 aromatic heterocycles. The van der Waals surface area contributed by atoms with E-state index in [2.05, 4.69) is 27.7 Å². The van der Waals surface area contributed by atoms with Gasteiger partial charge in [-0.3, -0.25) is 0 Å². The smallest absolute Gasteiger partial charge is 0.0326 e. The summed E-state index contributed by atoms with van der Waals surface area (Å²) in [6, 6.07) is 0. The maximum Gasteiger partial charge on any atom is -0.0326 e. The van der Waals surface area contributed by atoms with Crippen molar-refractivity contribution in [2.45, 2.75) is 59.8 Å². The zero-order valence-corrected chi connectivity index (χ0v) is 11.0. The molecular formula is C15H28. The van der Waals surface area contributed by atoms with E-state index in [1.165, 1.54) is 12.8 Å². The van der Waals surface area contributed by atoms with Gasteiger partial charge in [0.15, 0.2) is 0 Å². The Balaban J connectivity index is 2.08. The molecule has 0 nitrogen and oxygen atoms in total. The number of rotatable bonds is 4. The maximum absolute atomic E-state index is 2.50. The molecule has 2 rings (SSSR count). The zero-order chi connectivity index (χ0) is 11.0. The lowest BCUT2D eigenvalue weighted by Gasteiger charge is -2.38. The van der Waals surface area contributed by atoms with Gasteiger partial charge in [0.2, 0.25) is 0 Å². The number of fused-ring (bicyclic) bond motifs is 1. The SMILES string of the molecule is CCC(C)C1CC2CCC2C1C(C)CC. The lowest BCUT2D eigenvalue weighted by molar-refractivity contribution is 0.110. The van der Waals surface area contributed by atoms with Crippen molar-refractivity contribution in [3.05, 3.63) is 0 Å². The Kier molecular flexibility index (Phi) is 3.42. The highest BCUT2D eigenvalue weighted by Gasteiger charge is 2.50. The van der Waals surface area contributed by atoms with Gasteiger partial charge in [-0.2, -0.15) is 0 Å². The van der Waals surface area contributed by atoms with Crippen LogP contribution in [-0.2, 0) is 0 Å². The predicted octanol–water partition coefficient (Wildman–Crippen LogP) is 4.74. The van der Waals surface area contributed by atoms with E-state index in [1.54, 1.807) is 19.3 Å². The Morgan fingerprint density at radius 3 is 2.13 bits per heavy atom. The monoisotopic (exact) mass is 208 g/mol. The van der Waals surface area contributed by atoms with Crippen molar-refractivity contribution in [1.82, 2.24) is 0 Å². The molecule has 2 fully saturated rings. The summed E-state index contributed by atoms with van der Waals surface area (Å²) in [5.74, 6) is 6.32. The zero-order valence-electron chi connectivity index (χ0n) is 11.0. The van der Waals surface area contributed by atoms with Crippen LogP contribution in [0.2, 0.25) is 0 Å². The Morgan fingerprint density at radius 2 is 1.67 bits per heavy atom. The van der Waals surface area contributed by atoms with Crippen molar-refractivity contribution in [2.24, 2.45) is 35.5 Å². The predicted molar refractivity (Wildman–Crippen MR) is 66.7 cm³/mol. The molecule has 6 atom stereocenters. The topological polar surface area (TPSA) is 0 Å². The summed E-state index contributed by atoms with van der Waals surface area (Å²) < 4.78 is 0. The lowest BCUT2D eigenvalue weighted by Crippen LogP contribution is -2.31. The Bertz CT molecular complexity index is 208. The van der Waals surface area contributed by atoms with E-state index in [9.17, 15) is 0 Å². The third kappa shape index (κ3) is 1.85. The molecule has 0 heteroatoms. The van der Waals surface area contributed by atoms with E-state index in [4.69, 9.17) is 0 Å². The van der Waals surface area contributed by atoms with Crippen LogP contribution in [0, 0.1) is 35.5 Å². The van der Waals surface area contributed by atoms with Gasteiger partial charge in [-0.05, 0) is 54.8 Å². The van der Waals surface area contributed by atoms with Crippen LogP contribution in [0.1, 0.15) is 59.8 Å². The molecule has 0 heterocycles. The van der Waals surface area contributed by atoms with Crippen LogP contribution in [0.25, 0.3) is 0 Å². The molecule has 0 N–H and O–H groups in total. The van der Waals surface area contributed by atoms with Crippen molar-refractivity contribution >= 4 is 0 Å². The summed E-state index contributed by atoms with van der Waals surface area (Å²) in [6.07, 6.45) is 7.43. The van der Waals surface area contributed by atoms with Gasteiger partial charge >= 0.3 is 0 Å².